The minimum atomic E-state index is -1.66. The van der Waals surface area contributed by atoms with Gasteiger partial charge >= 0.3 is 5.97 Å². The Morgan fingerprint density at radius 1 is 1.30 bits per heavy atom. The maximum Gasteiger partial charge on any atom is 0.371 e. The van der Waals surface area contributed by atoms with Crippen LogP contribution in [0.5, 0.6) is 0 Å². The number of benzene rings is 1. The second-order valence-electron chi connectivity index (χ2n) is 3.64. The molecule has 108 valence electrons. The van der Waals surface area contributed by atoms with Crippen LogP contribution in [0.4, 0.5) is 8.78 Å². The van der Waals surface area contributed by atoms with Gasteiger partial charge in [-0.2, -0.15) is 0 Å². The third-order valence-electron chi connectivity index (χ3n) is 2.15. The number of aliphatic hydroxyl groups excluding tert-OH is 1. The second-order valence-corrected chi connectivity index (χ2v) is 3.64. The highest BCUT2D eigenvalue weighted by atomic mass is 19.1. The van der Waals surface area contributed by atoms with Crippen molar-refractivity contribution in [2.75, 3.05) is 6.61 Å². The van der Waals surface area contributed by atoms with Crippen molar-refractivity contribution in [3.8, 4) is 0 Å². The highest BCUT2D eigenvalue weighted by molar-refractivity contribution is 5.95. The van der Waals surface area contributed by atoms with Crippen LogP contribution in [-0.4, -0.2) is 28.7 Å². The highest BCUT2D eigenvalue weighted by Crippen LogP contribution is 2.09. The zero-order valence-corrected chi connectivity index (χ0v) is 10.1. The molecule has 3 N–H and O–H groups in total. The summed E-state index contributed by atoms with van der Waals surface area (Å²) in [5.74, 6) is -5.22. The third kappa shape index (κ3) is 5.02. The van der Waals surface area contributed by atoms with Gasteiger partial charge in [-0.3, -0.25) is 9.63 Å². The Morgan fingerprint density at radius 2 is 2.00 bits per heavy atom. The predicted molar refractivity (Wildman–Crippen MR) is 62.5 cm³/mol. The zero-order chi connectivity index (χ0) is 15.1. The summed E-state index contributed by atoms with van der Waals surface area (Å²) in [7, 11) is 0. The number of aliphatic hydroxyl groups is 1. The van der Waals surface area contributed by atoms with E-state index in [1.165, 1.54) is 6.07 Å². The Balaban J connectivity index is 2.37. The number of amides is 1. The summed E-state index contributed by atoms with van der Waals surface area (Å²) in [4.78, 5) is 25.9. The smallest absolute Gasteiger partial charge is 0.371 e. The van der Waals surface area contributed by atoms with Gasteiger partial charge < -0.3 is 10.2 Å². The molecular formula is C12H11F2NO5. The lowest BCUT2D eigenvalue weighted by Crippen LogP contribution is -2.24. The van der Waals surface area contributed by atoms with Crippen LogP contribution >= 0.6 is 0 Å². The molecule has 0 saturated carbocycles. The minimum absolute atomic E-state index is 0.0705. The lowest BCUT2D eigenvalue weighted by Gasteiger charge is -2.05. The standard InChI is InChI=1S/C12H11F2NO5/c13-8-2-1-7(9(14)5-8)3-4-20-15-11(17)6-10(16)12(18)19/h1-2,5-6,16H,3-4H2,(H,15,17)(H,18,19). The summed E-state index contributed by atoms with van der Waals surface area (Å²) < 4.78 is 25.8. The Hall–Kier alpha value is -2.48. The van der Waals surface area contributed by atoms with Crippen molar-refractivity contribution in [2.24, 2.45) is 0 Å². The van der Waals surface area contributed by atoms with Crippen LogP contribution in [0.3, 0.4) is 0 Å². The molecule has 0 radical (unpaired) electrons. The van der Waals surface area contributed by atoms with Gasteiger partial charge in [0.15, 0.2) is 0 Å². The molecule has 1 aromatic rings. The lowest BCUT2D eigenvalue weighted by molar-refractivity contribution is -0.136. The van der Waals surface area contributed by atoms with E-state index < -0.39 is 29.3 Å². The van der Waals surface area contributed by atoms with Crippen LogP contribution in [0.15, 0.2) is 30.0 Å². The van der Waals surface area contributed by atoms with Gasteiger partial charge in [0.25, 0.3) is 5.91 Å². The van der Waals surface area contributed by atoms with Crippen molar-refractivity contribution in [2.45, 2.75) is 6.42 Å². The average molecular weight is 287 g/mol. The molecule has 20 heavy (non-hydrogen) atoms. The number of hydroxylamine groups is 1. The zero-order valence-electron chi connectivity index (χ0n) is 10.1. The number of halogens is 2. The summed E-state index contributed by atoms with van der Waals surface area (Å²) >= 11 is 0. The van der Waals surface area contributed by atoms with Crippen molar-refractivity contribution >= 4 is 11.9 Å². The first-order valence-electron chi connectivity index (χ1n) is 5.40. The number of rotatable bonds is 6. The molecule has 0 spiro atoms. The molecule has 0 aliphatic heterocycles. The van der Waals surface area contributed by atoms with E-state index in [1.807, 2.05) is 5.48 Å². The number of carboxylic acid groups (broad SMARTS) is 1. The van der Waals surface area contributed by atoms with Gasteiger partial charge in [-0.05, 0) is 11.6 Å². The number of hydrogen-bond acceptors (Lipinski definition) is 4. The quantitative estimate of drug-likeness (QED) is 0.315. The predicted octanol–water partition coefficient (Wildman–Crippen LogP) is 1.08. The molecule has 0 atom stereocenters. The molecule has 1 amide bonds. The van der Waals surface area contributed by atoms with Crippen molar-refractivity contribution in [1.29, 1.82) is 0 Å². The summed E-state index contributed by atoms with van der Waals surface area (Å²) in [5, 5.41) is 17.0. The fraction of sp³-hybridized carbons (Fsp3) is 0.167. The lowest BCUT2D eigenvalue weighted by atomic mass is 10.1. The monoisotopic (exact) mass is 287 g/mol. The summed E-state index contributed by atoms with van der Waals surface area (Å²) in [6.07, 6.45) is 0.488. The number of carboxylic acids is 1. The Labute approximate surface area is 112 Å². The fourth-order valence-electron chi connectivity index (χ4n) is 1.22. The number of aliphatic carboxylic acids is 1. The molecule has 1 rings (SSSR count). The third-order valence-corrected chi connectivity index (χ3v) is 2.15. The van der Waals surface area contributed by atoms with E-state index in [0.29, 0.717) is 6.08 Å². The van der Waals surface area contributed by atoms with E-state index in [2.05, 4.69) is 4.84 Å². The molecule has 6 nitrogen and oxygen atoms in total. The maximum atomic E-state index is 13.2. The Kier molecular flexibility index (Phi) is 5.60. The van der Waals surface area contributed by atoms with E-state index in [9.17, 15) is 18.4 Å². The van der Waals surface area contributed by atoms with Crippen LogP contribution in [0.25, 0.3) is 0 Å². The van der Waals surface area contributed by atoms with E-state index in [1.54, 1.807) is 0 Å². The summed E-state index contributed by atoms with van der Waals surface area (Å²) in [6.45, 7) is -0.115. The molecule has 0 aromatic heterocycles. The van der Waals surface area contributed by atoms with E-state index >= 15 is 0 Å². The molecule has 8 heteroatoms. The van der Waals surface area contributed by atoms with Gasteiger partial charge in [-0.1, -0.05) is 6.07 Å². The molecule has 1 aromatic carbocycles. The summed E-state index contributed by atoms with van der Waals surface area (Å²) in [5.41, 5.74) is 2.03. The molecule has 0 bridgehead atoms. The normalized spacial score (nSPS) is 11.2. The van der Waals surface area contributed by atoms with E-state index in [0.717, 1.165) is 12.1 Å². The summed E-state index contributed by atoms with van der Waals surface area (Å²) in [6, 6.07) is 3.05. The molecular weight excluding hydrogens is 276 g/mol. The van der Waals surface area contributed by atoms with Crippen molar-refractivity contribution < 1.29 is 33.4 Å². The minimum Gasteiger partial charge on any atom is -0.502 e. The maximum absolute atomic E-state index is 13.2. The van der Waals surface area contributed by atoms with Gasteiger partial charge in [-0.25, -0.2) is 19.1 Å². The molecule has 0 fully saturated rings. The Bertz CT molecular complexity index is 545. The molecule has 0 unspecified atom stereocenters. The van der Waals surface area contributed by atoms with Gasteiger partial charge in [0.2, 0.25) is 5.76 Å². The topological polar surface area (TPSA) is 95.9 Å². The van der Waals surface area contributed by atoms with Crippen LogP contribution in [0.2, 0.25) is 0 Å². The van der Waals surface area contributed by atoms with Gasteiger partial charge in [-0.15, -0.1) is 0 Å². The SMILES string of the molecule is O=C(C=C(O)C(=O)O)NOCCc1ccc(F)cc1F. The largest absolute Gasteiger partial charge is 0.502 e. The first kappa shape index (κ1) is 15.6. The molecule has 0 saturated heterocycles. The molecule has 0 aliphatic carbocycles. The highest BCUT2D eigenvalue weighted by Gasteiger charge is 2.07. The van der Waals surface area contributed by atoms with Crippen molar-refractivity contribution in [1.82, 2.24) is 5.48 Å². The first-order chi connectivity index (χ1) is 9.40. The fourth-order valence-corrected chi connectivity index (χ4v) is 1.22. The van der Waals surface area contributed by atoms with Crippen LogP contribution in [0, 0.1) is 11.6 Å². The average Bonchev–Trinajstić information content (AvgIpc) is 2.36. The number of carbonyl (C=O) groups is 2. The van der Waals surface area contributed by atoms with Gasteiger partial charge in [0.1, 0.15) is 11.6 Å². The van der Waals surface area contributed by atoms with Gasteiger partial charge in [0, 0.05) is 12.5 Å². The van der Waals surface area contributed by atoms with Crippen molar-refractivity contribution in [3.05, 3.63) is 47.2 Å². The molecule has 0 heterocycles. The van der Waals surface area contributed by atoms with Crippen LogP contribution < -0.4 is 5.48 Å². The first-order valence-corrected chi connectivity index (χ1v) is 5.40. The van der Waals surface area contributed by atoms with Gasteiger partial charge in [0.05, 0.1) is 12.7 Å². The number of hydrogen-bond donors (Lipinski definition) is 3. The van der Waals surface area contributed by atoms with Crippen molar-refractivity contribution in [3.63, 3.8) is 0 Å². The van der Waals surface area contributed by atoms with Crippen LogP contribution in [0.1, 0.15) is 5.56 Å². The van der Waals surface area contributed by atoms with Crippen LogP contribution in [-0.2, 0) is 20.8 Å². The molecule has 0 aliphatic rings. The van der Waals surface area contributed by atoms with E-state index in [4.69, 9.17) is 10.2 Å². The Morgan fingerprint density at radius 3 is 2.60 bits per heavy atom. The number of nitrogens with one attached hydrogen (secondary N) is 1. The van der Waals surface area contributed by atoms with E-state index in [-0.39, 0.29) is 18.6 Å². The number of carbonyl (C=O) groups excluding carboxylic acids is 1. The second kappa shape index (κ2) is 7.19.